The lowest BCUT2D eigenvalue weighted by Gasteiger charge is -2.10. The largest absolute Gasteiger partial charge is 0.322 e. The number of hydrogen-bond donors (Lipinski definition) is 3. The summed E-state index contributed by atoms with van der Waals surface area (Å²) in [6.45, 7) is 0. The normalized spacial score (nSPS) is 11.5. The monoisotopic (exact) mass is 479 g/mol. The molecule has 0 saturated heterocycles. The SMILES string of the molecule is CS(=O)(=O)Nc1ccc(C(=O)Nc2ccc(S(=O)(=O)Nc3cccc(Cl)c3)cc2)cc1. The number of carbonyl (C=O) groups is 1. The van der Waals surface area contributed by atoms with Gasteiger partial charge in [0.25, 0.3) is 15.9 Å². The minimum atomic E-state index is -3.82. The Hall–Kier alpha value is -3.08. The van der Waals surface area contributed by atoms with E-state index in [1.807, 2.05) is 0 Å². The van der Waals surface area contributed by atoms with E-state index in [4.69, 9.17) is 11.6 Å². The molecule has 0 spiro atoms. The summed E-state index contributed by atoms with van der Waals surface area (Å²) in [5.74, 6) is -0.432. The van der Waals surface area contributed by atoms with Crippen LogP contribution in [0.15, 0.2) is 77.7 Å². The van der Waals surface area contributed by atoms with Crippen molar-refractivity contribution in [2.24, 2.45) is 0 Å². The fourth-order valence-electron chi connectivity index (χ4n) is 2.59. The second kappa shape index (κ2) is 8.96. The lowest BCUT2D eigenvalue weighted by atomic mass is 10.2. The first-order valence-electron chi connectivity index (χ1n) is 8.79. The van der Waals surface area contributed by atoms with E-state index in [0.29, 0.717) is 27.6 Å². The summed E-state index contributed by atoms with van der Waals surface area (Å²) in [4.78, 5) is 12.4. The minimum absolute atomic E-state index is 0.0154. The van der Waals surface area contributed by atoms with Crippen molar-refractivity contribution < 1.29 is 21.6 Å². The van der Waals surface area contributed by atoms with Crippen molar-refractivity contribution >= 4 is 54.6 Å². The topological polar surface area (TPSA) is 121 Å². The number of amides is 1. The van der Waals surface area contributed by atoms with Gasteiger partial charge < -0.3 is 5.32 Å². The quantitative estimate of drug-likeness (QED) is 0.476. The molecule has 11 heteroatoms. The van der Waals surface area contributed by atoms with Gasteiger partial charge in [0.05, 0.1) is 16.8 Å². The molecule has 0 aliphatic carbocycles. The first-order valence-corrected chi connectivity index (χ1v) is 12.5. The van der Waals surface area contributed by atoms with Gasteiger partial charge in [-0.3, -0.25) is 14.2 Å². The number of nitrogens with one attached hydrogen (secondary N) is 3. The van der Waals surface area contributed by atoms with Gasteiger partial charge in [0.1, 0.15) is 0 Å². The molecule has 1 amide bonds. The van der Waals surface area contributed by atoms with Gasteiger partial charge in [0.2, 0.25) is 10.0 Å². The van der Waals surface area contributed by atoms with E-state index in [0.717, 1.165) is 6.26 Å². The number of sulfonamides is 2. The van der Waals surface area contributed by atoms with Crippen LogP contribution < -0.4 is 14.8 Å². The second-order valence-electron chi connectivity index (χ2n) is 6.55. The number of benzene rings is 3. The zero-order chi connectivity index (χ0) is 22.6. The van der Waals surface area contributed by atoms with E-state index in [1.54, 1.807) is 18.2 Å². The Morgan fingerprint density at radius 1 is 0.774 bits per heavy atom. The van der Waals surface area contributed by atoms with E-state index in [1.165, 1.54) is 54.6 Å². The maximum atomic E-state index is 12.5. The third-order valence-electron chi connectivity index (χ3n) is 3.95. The summed E-state index contributed by atoms with van der Waals surface area (Å²) in [7, 11) is -7.23. The van der Waals surface area contributed by atoms with E-state index in [9.17, 15) is 21.6 Å². The first-order chi connectivity index (χ1) is 14.5. The van der Waals surface area contributed by atoms with Gasteiger partial charge in [0.15, 0.2) is 0 Å². The summed E-state index contributed by atoms with van der Waals surface area (Å²) in [6.07, 6.45) is 1.03. The molecule has 3 rings (SSSR count). The average molecular weight is 480 g/mol. The zero-order valence-corrected chi connectivity index (χ0v) is 18.6. The molecule has 0 heterocycles. The third kappa shape index (κ3) is 6.45. The van der Waals surface area contributed by atoms with Crippen LogP contribution in [0.5, 0.6) is 0 Å². The molecule has 0 aliphatic heterocycles. The highest BCUT2D eigenvalue weighted by molar-refractivity contribution is 7.92. The number of halogens is 1. The van der Waals surface area contributed by atoms with Crippen molar-refractivity contribution in [1.82, 2.24) is 0 Å². The smallest absolute Gasteiger partial charge is 0.261 e. The van der Waals surface area contributed by atoms with Crippen LogP contribution in [0.2, 0.25) is 5.02 Å². The molecule has 0 aliphatic rings. The van der Waals surface area contributed by atoms with Crippen molar-refractivity contribution in [2.45, 2.75) is 4.90 Å². The lowest BCUT2D eigenvalue weighted by molar-refractivity contribution is 0.102. The van der Waals surface area contributed by atoms with Crippen molar-refractivity contribution in [3.05, 3.63) is 83.4 Å². The molecule has 3 aromatic carbocycles. The lowest BCUT2D eigenvalue weighted by Crippen LogP contribution is -2.14. The molecule has 3 aromatic rings. The van der Waals surface area contributed by atoms with E-state index >= 15 is 0 Å². The Balaban J connectivity index is 1.68. The number of hydrogen-bond acceptors (Lipinski definition) is 5. The van der Waals surface area contributed by atoms with Gasteiger partial charge in [0, 0.05) is 22.0 Å². The molecule has 0 atom stereocenters. The van der Waals surface area contributed by atoms with Crippen molar-refractivity contribution in [1.29, 1.82) is 0 Å². The Bertz CT molecular complexity index is 1310. The van der Waals surface area contributed by atoms with Crippen LogP contribution in [-0.4, -0.2) is 29.0 Å². The molecule has 0 fully saturated rings. The predicted octanol–water partition coefficient (Wildman–Crippen LogP) is 3.76. The summed E-state index contributed by atoms with van der Waals surface area (Å²) in [6, 6.07) is 17.8. The molecule has 162 valence electrons. The molecule has 31 heavy (non-hydrogen) atoms. The third-order valence-corrected chi connectivity index (χ3v) is 6.19. The Morgan fingerprint density at radius 3 is 1.97 bits per heavy atom. The van der Waals surface area contributed by atoms with E-state index < -0.39 is 26.0 Å². The summed E-state index contributed by atoms with van der Waals surface area (Å²) in [5.41, 5.74) is 1.36. The molecule has 0 bridgehead atoms. The van der Waals surface area contributed by atoms with Crippen molar-refractivity contribution in [3.8, 4) is 0 Å². The first kappa shape index (κ1) is 22.6. The molecule has 3 N–H and O–H groups in total. The maximum Gasteiger partial charge on any atom is 0.261 e. The van der Waals surface area contributed by atoms with Crippen LogP contribution in [0.4, 0.5) is 17.1 Å². The minimum Gasteiger partial charge on any atom is -0.322 e. The summed E-state index contributed by atoms with van der Waals surface area (Å²) < 4.78 is 52.2. The fourth-order valence-corrected chi connectivity index (χ4v) is 4.39. The van der Waals surface area contributed by atoms with Gasteiger partial charge in [-0.15, -0.1) is 0 Å². The standard InChI is InChI=1S/C20H18ClN3O5S2/c1-30(26,27)23-17-7-5-14(6-8-17)20(25)22-16-9-11-19(12-10-16)31(28,29)24-18-4-2-3-15(21)13-18/h2-13,23-24H,1H3,(H,22,25). The Kier molecular flexibility index (Phi) is 6.54. The molecular weight excluding hydrogens is 462 g/mol. The van der Waals surface area contributed by atoms with Gasteiger partial charge in [-0.25, -0.2) is 16.8 Å². The Morgan fingerprint density at radius 2 is 1.39 bits per heavy atom. The number of carbonyl (C=O) groups excluding carboxylic acids is 1. The highest BCUT2D eigenvalue weighted by Crippen LogP contribution is 2.21. The van der Waals surface area contributed by atoms with Crippen molar-refractivity contribution in [2.75, 3.05) is 21.0 Å². The van der Waals surface area contributed by atoms with Crippen LogP contribution in [-0.2, 0) is 20.0 Å². The van der Waals surface area contributed by atoms with E-state index in [2.05, 4.69) is 14.8 Å². The van der Waals surface area contributed by atoms with Crippen LogP contribution in [0.3, 0.4) is 0 Å². The number of anilines is 3. The van der Waals surface area contributed by atoms with Crippen LogP contribution in [0.25, 0.3) is 0 Å². The summed E-state index contributed by atoms with van der Waals surface area (Å²) >= 11 is 5.87. The van der Waals surface area contributed by atoms with Gasteiger partial charge in [-0.05, 0) is 66.7 Å². The van der Waals surface area contributed by atoms with Gasteiger partial charge in [-0.1, -0.05) is 17.7 Å². The second-order valence-corrected chi connectivity index (χ2v) is 10.4. The van der Waals surface area contributed by atoms with Gasteiger partial charge >= 0.3 is 0 Å². The van der Waals surface area contributed by atoms with Crippen LogP contribution in [0.1, 0.15) is 10.4 Å². The highest BCUT2D eigenvalue weighted by atomic mass is 35.5. The molecule has 0 unspecified atom stereocenters. The molecular formula is C20H18ClN3O5S2. The van der Waals surface area contributed by atoms with Crippen molar-refractivity contribution in [3.63, 3.8) is 0 Å². The average Bonchev–Trinajstić information content (AvgIpc) is 2.67. The maximum absolute atomic E-state index is 12.5. The van der Waals surface area contributed by atoms with Crippen LogP contribution in [0, 0.1) is 0 Å². The molecule has 0 radical (unpaired) electrons. The fraction of sp³-hybridized carbons (Fsp3) is 0.0500. The summed E-state index contributed by atoms with van der Waals surface area (Å²) in [5, 5.41) is 3.05. The van der Waals surface area contributed by atoms with E-state index in [-0.39, 0.29) is 4.90 Å². The Labute approximate surface area is 185 Å². The van der Waals surface area contributed by atoms with Gasteiger partial charge in [-0.2, -0.15) is 0 Å². The number of rotatable bonds is 7. The predicted molar refractivity (Wildman–Crippen MR) is 122 cm³/mol. The molecule has 0 saturated carbocycles. The highest BCUT2D eigenvalue weighted by Gasteiger charge is 2.15. The van der Waals surface area contributed by atoms with Crippen LogP contribution >= 0.6 is 11.6 Å². The molecule has 8 nitrogen and oxygen atoms in total. The molecule has 0 aromatic heterocycles. The zero-order valence-electron chi connectivity index (χ0n) is 16.2.